The van der Waals surface area contributed by atoms with Crippen molar-refractivity contribution in [3.63, 3.8) is 0 Å². The van der Waals surface area contributed by atoms with Crippen molar-refractivity contribution in [2.24, 2.45) is 0 Å². The summed E-state index contributed by atoms with van der Waals surface area (Å²) in [6.07, 6.45) is 0.860. The molecule has 140 valence electrons. The summed E-state index contributed by atoms with van der Waals surface area (Å²) >= 11 is 0. The van der Waals surface area contributed by atoms with Crippen LogP contribution in [0, 0.1) is 12.7 Å². The van der Waals surface area contributed by atoms with Gasteiger partial charge >= 0.3 is 0 Å². The van der Waals surface area contributed by atoms with Crippen LogP contribution in [0.3, 0.4) is 0 Å². The van der Waals surface area contributed by atoms with Gasteiger partial charge in [-0.25, -0.2) is 14.4 Å². The Balaban J connectivity index is 1.56. The molecule has 2 aromatic carbocycles. The molecule has 1 heterocycles. The number of methoxy groups -OCH3 is 1. The molecule has 0 aliphatic rings. The van der Waals surface area contributed by atoms with Gasteiger partial charge < -0.3 is 15.4 Å². The lowest BCUT2D eigenvalue weighted by Gasteiger charge is -2.11. The minimum atomic E-state index is -0.237. The minimum absolute atomic E-state index is 0.237. The number of rotatable bonds is 8. The number of anilines is 2. The van der Waals surface area contributed by atoms with Gasteiger partial charge in [-0.2, -0.15) is 0 Å². The summed E-state index contributed by atoms with van der Waals surface area (Å²) in [7, 11) is 1.67. The number of aryl methyl sites for hydroxylation is 1. The lowest BCUT2D eigenvalue weighted by molar-refractivity contribution is 0.414. The van der Waals surface area contributed by atoms with E-state index in [0.717, 1.165) is 35.9 Å². The Kier molecular flexibility index (Phi) is 6.20. The van der Waals surface area contributed by atoms with Gasteiger partial charge in [0.15, 0.2) is 0 Å². The van der Waals surface area contributed by atoms with Crippen molar-refractivity contribution in [2.45, 2.75) is 19.9 Å². The van der Waals surface area contributed by atoms with E-state index in [-0.39, 0.29) is 5.82 Å². The van der Waals surface area contributed by atoms with Crippen LogP contribution in [0.4, 0.5) is 16.0 Å². The third-order valence-corrected chi connectivity index (χ3v) is 4.08. The van der Waals surface area contributed by atoms with E-state index in [4.69, 9.17) is 4.74 Å². The summed E-state index contributed by atoms with van der Waals surface area (Å²) in [4.78, 5) is 8.83. The molecule has 0 saturated carbocycles. The largest absolute Gasteiger partial charge is 0.497 e. The van der Waals surface area contributed by atoms with Gasteiger partial charge in [-0.15, -0.1) is 0 Å². The van der Waals surface area contributed by atoms with Crippen LogP contribution < -0.4 is 15.4 Å². The first-order valence-electron chi connectivity index (χ1n) is 8.83. The van der Waals surface area contributed by atoms with Crippen LogP contribution in [0.15, 0.2) is 54.6 Å². The molecule has 0 unspecified atom stereocenters. The van der Waals surface area contributed by atoms with Gasteiger partial charge in [0.2, 0.25) is 0 Å². The Morgan fingerprint density at radius 2 is 1.67 bits per heavy atom. The molecule has 1 aromatic heterocycles. The summed E-state index contributed by atoms with van der Waals surface area (Å²) in [5.74, 6) is 2.81. The molecule has 2 N–H and O–H groups in total. The van der Waals surface area contributed by atoms with Crippen molar-refractivity contribution < 1.29 is 9.13 Å². The lowest BCUT2D eigenvalue weighted by atomic mass is 10.1. The van der Waals surface area contributed by atoms with Gasteiger partial charge in [0.25, 0.3) is 0 Å². The quantitative estimate of drug-likeness (QED) is 0.626. The molecule has 0 atom stereocenters. The number of halogens is 1. The Bertz CT molecular complexity index is 884. The molecule has 3 aromatic rings. The average molecular weight is 366 g/mol. The topological polar surface area (TPSA) is 59.1 Å². The van der Waals surface area contributed by atoms with Crippen LogP contribution in [0.5, 0.6) is 5.75 Å². The Morgan fingerprint density at radius 1 is 0.926 bits per heavy atom. The van der Waals surface area contributed by atoms with E-state index in [0.29, 0.717) is 12.4 Å². The van der Waals surface area contributed by atoms with Crippen molar-refractivity contribution in [1.29, 1.82) is 0 Å². The second-order valence-electron chi connectivity index (χ2n) is 6.19. The summed E-state index contributed by atoms with van der Waals surface area (Å²) in [6, 6.07) is 16.3. The molecule has 0 fully saturated rings. The normalized spacial score (nSPS) is 10.5. The number of hydrogen-bond acceptors (Lipinski definition) is 5. The van der Waals surface area contributed by atoms with Crippen LogP contribution in [-0.2, 0) is 13.0 Å². The monoisotopic (exact) mass is 366 g/mol. The first kappa shape index (κ1) is 18.6. The maximum atomic E-state index is 13.0. The highest BCUT2D eigenvalue weighted by atomic mass is 19.1. The predicted octanol–water partition coefficient (Wildman–Crippen LogP) is 4.20. The third kappa shape index (κ3) is 5.67. The van der Waals surface area contributed by atoms with Crippen molar-refractivity contribution in [1.82, 2.24) is 9.97 Å². The Hall–Kier alpha value is -3.15. The van der Waals surface area contributed by atoms with Crippen LogP contribution in [0.1, 0.15) is 17.0 Å². The molecule has 0 aliphatic heterocycles. The summed E-state index contributed by atoms with van der Waals surface area (Å²) < 4.78 is 18.2. The number of benzene rings is 2. The SMILES string of the molecule is COc1cccc(CCNc2cc(NCc3ccc(F)cc3)nc(C)n2)c1. The van der Waals surface area contributed by atoms with Gasteiger partial charge in [-0.1, -0.05) is 24.3 Å². The molecule has 3 rings (SSSR count). The Labute approximate surface area is 158 Å². The molecule has 6 heteroatoms. The van der Waals surface area contributed by atoms with Crippen molar-refractivity contribution in [3.8, 4) is 5.75 Å². The van der Waals surface area contributed by atoms with Crippen LogP contribution in [0.2, 0.25) is 0 Å². The first-order valence-corrected chi connectivity index (χ1v) is 8.83. The first-order chi connectivity index (χ1) is 13.1. The van der Waals surface area contributed by atoms with Crippen LogP contribution in [0.25, 0.3) is 0 Å². The molecule has 0 bridgehead atoms. The molecular formula is C21H23FN4O. The summed E-state index contributed by atoms with van der Waals surface area (Å²) in [5, 5.41) is 6.59. The van der Waals surface area contributed by atoms with E-state index in [1.165, 1.54) is 17.7 Å². The van der Waals surface area contributed by atoms with Crippen LogP contribution in [-0.4, -0.2) is 23.6 Å². The van der Waals surface area contributed by atoms with Gasteiger partial charge in [0, 0.05) is 19.2 Å². The molecule has 0 amide bonds. The van der Waals surface area contributed by atoms with E-state index < -0.39 is 0 Å². The molecule has 5 nitrogen and oxygen atoms in total. The van der Waals surface area contributed by atoms with Crippen molar-refractivity contribution in [2.75, 3.05) is 24.3 Å². The fourth-order valence-corrected chi connectivity index (χ4v) is 2.71. The highest BCUT2D eigenvalue weighted by Gasteiger charge is 2.03. The maximum Gasteiger partial charge on any atom is 0.132 e. The number of hydrogen-bond donors (Lipinski definition) is 2. The van der Waals surface area contributed by atoms with Gasteiger partial charge in [-0.3, -0.25) is 0 Å². The van der Waals surface area contributed by atoms with Gasteiger partial charge in [-0.05, 0) is 48.7 Å². The smallest absolute Gasteiger partial charge is 0.132 e. The number of aromatic nitrogens is 2. The van der Waals surface area contributed by atoms with E-state index in [2.05, 4.69) is 26.7 Å². The predicted molar refractivity (Wildman–Crippen MR) is 106 cm³/mol. The van der Waals surface area contributed by atoms with Crippen LogP contribution >= 0.6 is 0 Å². The highest BCUT2D eigenvalue weighted by Crippen LogP contribution is 2.15. The highest BCUT2D eigenvalue weighted by molar-refractivity contribution is 5.48. The second-order valence-corrected chi connectivity index (χ2v) is 6.19. The molecular weight excluding hydrogens is 343 g/mol. The van der Waals surface area contributed by atoms with Crippen molar-refractivity contribution >= 4 is 11.6 Å². The van der Waals surface area contributed by atoms with E-state index in [1.54, 1.807) is 19.2 Å². The number of nitrogens with one attached hydrogen (secondary N) is 2. The van der Waals surface area contributed by atoms with E-state index in [9.17, 15) is 4.39 Å². The molecule has 0 radical (unpaired) electrons. The minimum Gasteiger partial charge on any atom is -0.497 e. The maximum absolute atomic E-state index is 13.0. The molecule has 0 saturated heterocycles. The standard InChI is InChI=1S/C21H23FN4O/c1-15-25-20(23-11-10-16-4-3-5-19(12-16)27-2)13-21(26-15)24-14-17-6-8-18(22)9-7-17/h3-9,12-13H,10-11,14H2,1-2H3,(H2,23,24,25,26). The average Bonchev–Trinajstić information content (AvgIpc) is 2.67. The second kappa shape index (κ2) is 8.98. The summed E-state index contributed by atoms with van der Waals surface area (Å²) in [5.41, 5.74) is 2.18. The number of ether oxygens (including phenoxy) is 1. The van der Waals surface area contributed by atoms with E-state index >= 15 is 0 Å². The molecule has 27 heavy (non-hydrogen) atoms. The van der Waals surface area contributed by atoms with Crippen molar-refractivity contribution in [3.05, 3.63) is 77.4 Å². The fraction of sp³-hybridized carbons (Fsp3) is 0.238. The number of nitrogens with zero attached hydrogens (tertiary/aromatic N) is 2. The zero-order valence-corrected chi connectivity index (χ0v) is 15.5. The molecule has 0 aliphatic carbocycles. The van der Waals surface area contributed by atoms with Gasteiger partial charge in [0.1, 0.15) is 29.0 Å². The third-order valence-electron chi connectivity index (χ3n) is 4.08. The zero-order valence-electron chi connectivity index (χ0n) is 15.5. The van der Waals surface area contributed by atoms with E-state index in [1.807, 2.05) is 31.2 Å². The fourth-order valence-electron chi connectivity index (χ4n) is 2.71. The lowest BCUT2D eigenvalue weighted by Crippen LogP contribution is -2.09. The Morgan fingerprint density at radius 3 is 2.41 bits per heavy atom. The zero-order chi connectivity index (χ0) is 19.1. The van der Waals surface area contributed by atoms with Gasteiger partial charge in [0.05, 0.1) is 7.11 Å². The molecule has 0 spiro atoms. The summed E-state index contributed by atoms with van der Waals surface area (Å²) in [6.45, 7) is 3.18.